The van der Waals surface area contributed by atoms with Crippen molar-refractivity contribution in [2.75, 3.05) is 13.2 Å². The number of Topliss-reactive ketones (excluding diaryl/α,β-unsaturated/α-hetero) is 1. The van der Waals surface area contributed by atoms with Crippen molar-refractivity contribution in [3.63, 3.8) is 0 Å². The molecule has 1 aromatic rings. The third-order valence-corrected chi connectivity index (χ3v) is 3.48. The van der Waals surface area contributed by atoms with Crippen LogP contribution in [0.2, 0.25) is 0 Å². The van der Waals surface area contributed by atoms with Gasteiger partial charge in [0, 0.05) is 6.42 Å². The Kier molecular flexibility index (Phi) is 4.32. The summed E-state index contributed by atoms with van der Waals surface area (Å²) in [5.74, 6) is -0.160. The van der Waals surface area contributed by atoms with Crippen molar-refractivity contribution in [3.8, 4) is 0 Å². The van der Waals surface area contributed by atoms with E-state index in [1.165, 1.54) is 12.1 Å². The van der Waals surface area contributed by atoms with Crippen molar-refractivity contribution in [3.05, 3.63) is 35.6 Å². The predicted molar refractivity (Wildman–Crippen MR) is 69.2 cm³/mol. The second-order valence-electron chi connectivity index (χ2n) is 5.34. The molecule has 1 heterocycles. The lowest BCUT2D eigenvalue weighted by Gasteiger charge is -2.28. The monoisotopic (exact) mass is 266 g/mol. The first-order valence-electron chi connectivity index (χ1n) is 6.51. The van der Waals surface area contributed by atoms with Gasteiger partial charge in [0.15, 0.2) is 6.29 Å². The highest BCUT2D eigenvalue weighted by molar-refractivity contribution is 5.84. The Balaban J connectivity index is 1.91. The number of ether oxygens (including phenoxy) is 2. The van der Waals surface area contributed by atoms with Crippen LogP contribution >= 0.6 is 0 Å². The summed E-state index contributed by atoms with van der Waals surface area (Å²) in [5, 5.41) is 0. The average Bonchev–Trinajstić information content (AvgIpc) is 2.92. The molecule has 0 saturated carbocycles. The molecule has 1 aromatic carbocycles. The normalized spacial score (nSPS) is 16.8. The summed E-state index contributed by atoms with van der Waals surface area (Å²) in [6.45, 7) is 4.77. The molecule has 3 nitrogen and oxygen atoms in total. The average molecular weight is 266 g/mol. The van der Waals surface area contributed by atoms with Crippen LogP contribution in [0.4, 0.5) is 4.39 Å². The number of benzene rings is 1. The van der Waals surface area contributed by atoms with Crippen LogP contribution in [0.5, 0.6) is 0 Å². The van der Waals surface area contributed by atoms with Gasteiger partial charge >= 0.3 is 0 Å². The molecule has 0 aliphatic carbocycles. The van der Waals surface area contributed by atoms with Gasteiger partial charge in [0.25, 0.3) is 0 Å². The number of carbonyl (C=O) groups is 1. The number of rotatable bonds is 5. The maximum absolute atomic E-state index is 12.8. The Bertz CT molecular complexity index is 433. The van der Waals surface area contributed by atoms with Gasteiger partial charge in [-0.15, -0.1) is 0 Å². The van der Waals surface area contributed by atoms with Gasteiger partial charge in [-0.2, -0.15) is 0 Å². The number of carbonyl (C=O) groups excluding carboxylic acids is 1. The zero-order valence-corrected chi connectivity index (χ0v) is 11.3. The molecule has 0 atom stereocenters. The first-order chi connectivity index (χ1) is 9.00. The van der Waals surface area contributed by atoms with Crippen molar-refractivity contribution in [2.45, 2.75) is 33.0 Å². The highest BCUT2D eigenvalue weighted by Gasteiger charge is 2.39. The van der Waals surface area contributed by atoms with Crippen LogP contribution in [0, 0.1) is 11.2 Å². The maximum atomic E-state index is 12.8. The molecule has 1 aliphatic heterocycles. The van der Waals surface area contributed by atoms with Crippen LogP contribution < -0.4 is 0 Å². The summed E-state index contributed by atoms with van der Waals surface area (Å²) in [6, 6.07) is 6.23. The van der Waals surface area contributed by atoms with Gasteiger partial charge in [0.2, 0.25) is 0 Å². The molecule has 1 saturated heterocycles. The Labute approximate surface area is 112 Å². The molecule has 4 heteroatoms. The van der Waals surface area contributed by atoms with E-state index < -0.39 is 11.7 Å². The zero-order valence-electron chi connectivity index (χ0n) is 11.3. The number of hydrogen-bond acceptors (Lipinski definition) is 3. The van der Waals surface area contributed by atoms with E-state index in [0.717, 1.165) is 5.56 Å². The fourth-order valence-electron chi connectivity index (χ4n) is 2.14. The minimum atomic E-state index is -0.642. The zero-order chi connectivity index (χ0) is 13.9. The van der Waals surface area contributed by atoms with Gasteiger partial charge in [-0.1, -0.05) is 12.1 Å². The Morgan fingerprint density at radius 1 is 1.26 bits per heavy atom. The molecular formula is C15H19FO3. The molecule has 0 radical (unpaired) electrons. The van der Waals surface area contributed by atoms with E-state index in [0.29, 0.717) is 26.1 Å². The van der Waals surface area contributed by atoms with Gasteiger partial charge in [-0.3, -0.25) is 4.79 Å². The molecule has 1 aliphatic rings. The largest absolute Gasteiger partial charge is 0.349 e. The van der Waals surface area contributed by atoms with Gasteiger partial charge < -0.3 is 9.47 Å². The van der Waals surface area contributed by atoms with E-state index in [1.54, 1.807) is 12.1 Å². The highest BCUT2D eigenvalue weighted by Crippen LogP contribution is 2.30. The first kappa shape index (κ1) is 14.2. The van der Waals surface area contributed by atoms with Gasteiger partial charge in [-0.05, 0) is 38.0 Å². The topological polar surface area (TPSA) is 35.5 Å². The molecule has 0 spiro atoms. The molecule has 19 heavy (non-hydrogen) atoms. The predicted octanol–water partition coefficient (Wildman–Crippen LogP) is 2.73. The van der Waals surface area contributed by atoms with E-state index in [2.05, 4.69) is 0 Å². The molecule has 0 N–H and O–H groups in total. The Morgan fingerprint density at radius 2 is 1.84 bits per heavy atom. The lowest BCUT2D eigenvalue weighted by atomic mass is 9.84. The fourth-order valence-corrected chi connectivity index (χ4v) is 2.14. The summed E-state index contributed by atoms with van der Waals surface area (Å²) in [4.78, 5) is 12.3. The standard InChI is InChI=1S/C15H19FO3/c1-15(2,14-18-9-10-19-14)13(17)8-5-11-3-6-12(16)7-4-11/h3-4,6-7,14H,5,8-10H2,1-2H3. The summed E-state index contributed by atoms with van der Waals surface area (Å²) in [6.07, 6.45) is 0.560. The summed E-state index contributed by atoms with van der Waals surface area (Å²) in [5.41, 5.74) is 0.315. The van der Waals surface area contributed by atoms with Crippen molar-refractivity contribution < 1.29 is 18.7 Å². The van der Waals surface area contributed by atoms with E-state index in [4.69, 9.17) is 9.47 Å². The smallest absolute Gasteiger partial charge is 0.169 e. The van der Waals surface area contributed by atoms with Crippen LogP contribution in [0.3, 0.4) is 0 Å². The van der Waals surface area contributed by atoms with Crippen molar-refractivity contribution in [1.29, 1.82) is 0 Å². The Morgan fingerprint density at radius 3 is 2.42 bits per heavy atom. The minimum Gasteiger partial charge on any atom is -0.349 e. The summed E-state index contributed by atoms with van der Waals surface area (Å²) in [7, 11) is 0. The number of ketones is 1. The van der Waals surface area contributed by atoms with E-state index >= 15 is 0 Å². The molecular weight excluding hydrogens is 247 g/mol. The van der Waals surface area contributed by atoms with Crippen molar-refractivity contribution >= 4 is 5.78 Å². The molecule has 0 bridgehead atoms. The van der Waals surface area contributed by atoms with Gasteiger partial charge in [0.05, 0.1) is 18.6 Å². The number of aryl methyl sites for hydroxylation is 1. The van der Waals surface area contributed by atoms with Crippen LogP contribution in [0.1, 0.15) is 25.8 Å². The maximum Gasteiger partial charge on any atom is 0.169 e. The molecule has 0 unspecified atom stereocenters. The SMILES string of the molecule is CC(C)(C(=O)CCc1ccc(F)cc1)C1OCCO1. The lowest BCUT2D eigenvalue weighted by molar-refractivity contribution is -0.155. The lowest BCUT2D eigenvalue weighted by Crippen LogP contribution is -2.38. The van der Waals surface area contributed by atoms with E-state index in [9.17, 15) is 9.18 Å². The first-order valence-corrected chi connectivity index (χ1v) is 6.51. The number of hydrogen-bond donors (Lipinski definition) is 0. The van der Waals surface area contributed by atoms with Crippen LogP contribution in [0.25, 0.3) is 0 Å². The molecule has 104 valence electrons. The summed E-state index contributed by atoms with van der Waals surface area (Å²) < 4.78 is 23.6. The van der Waals surface area contributed by atoms with Crippen LogP contribution in [-0.2, 0) is 20.7 Å². The van der Waals surface area contributed by atoms with Crippen molar-refractivity contribution in [2.24, 2.45) is 5.41 Å². The quantitative estimate of drug-likeness (QED) is 0.822. The second-order valence-corrected chi connectivity index (χ2v) is 5.34. The third-order valence-electron chi connectivity index (χ3n) is 3.48. The van der Waals surface area contributed by atoms with Gasteiger partial charge in [-0.25, -0.2) is 4.39 Å². The second kappa shape index (κ2) is 5.80. The highest BCUT2D eigenvalue weighted by atomic mass is 19.1. The van der Waals surface area contributed by atoms with Crippen LogP contribution in [0.15, 0.2) is 24.3 Å². The van der Waals surface area contributed by atoms with E-state index in [1.807, 2.05) is 13.8 Å². The summed E-state index contributed by atoms with van der Waals surface area (Å²) >= 11 is 0. The molecule has 2 rings (SSSR count). The number of halogens is 1. The Hall–Kier alpha value is -1.26. The van der Waals surface area contributed by atoms with Gasteiger partial charge in [0.1, 0.15) is 11.6 Å². The molecule has 0 amide bonds. The fraction of sp³-hybridized carbons (Fsp3) is 0.533. The third kappa shape index (κ3) is 3.39. The van der Waals surface area contributed by atoms with Crippen molar-refractivity contribution in [1.82, 2.24) is 0 Å². The minimum absolute atomic E-state index is 0.101. The van der Waals surface area contributed by atoms with E-state index in [-0.39, 0.29) is 11.6 Å². The van der Waals surface area contributed by atoms with Crippen LogP contribution in [-0.4, -0.2) is 25.3 Å². The molecule has 0 aromatic heterocycles. The molecule has 1 fully saturated rings.